The first-order chi connectivity index (χ1) is 11.8. The van der Waals surface area contributed by atoms with Crippen LogP contribution in [0.1, 0.15) is 29.4 Å². The SMILES string of the molecule is CCCNc1cnc(C(=O)NCCc2c[nH]c3ccccc23)cn1. The molecule has 2 heterocycles. The van der Waals surface area contributed by atoms with Crippen molar-refractivity contribution in [2.24, 2.45) is 0 Å². The summed E-state index contributed by atoms with van der Waals surface area (Å²) in [6, 6.07) is 8.14. The Balaban J connectivity index is 1.53. The van der Waals surface area contributed by atoms with Gasteiger partial charge in [0, 0.05) is 30.2 Å². The summed E-state index contributed by atoms with van der Waals surface area (Å²) < 4.78 is 0. The van der Waals surface area contributed by atoms with E-state index in [9.17, 15) is 4.79 Å². The molecule has 0 saturated carbocycles. The molecule has 2 aromatic heterocycles. The van der Waals surface area contributed by atoms with Gasteiger partial charge in [0.1, 0.15) is 11.5 Å². The van der Waals surface area contributed by atoms with E-state index in [1.54, 1.807) is 6.20 Å². The Bertz CT molecular complexity index is 810. The van der Waals surface area contributed by atoms with Crippen LogP contribution in [0.25, 0.3) is 10.9 Å². The molecule has 6 nitrogen and oxygen atoms in total. The molecule has 3 N–H and O–H groups in total. The van der Waals surface area contributed by atoms with Crippen LogP contribution in [-0.4, -0.2) is 33.9 Å². The van der Waals surface area contributed by atoms with E-state index in [-0.39, 0.29) is 5.91 Å². The molecule has 0 atom stereocenters. The lowest BCUT2D eigenvalue weighted by Crippen LogP contribution is -2.26. The molecule has 0 saturated heterocycles. The van der Waals surface area contributed by atoms with E-state index in [1.807, 2.05) is 24.4 Å². The highest BCUT2D eigenvalue weighted by Gasteiger charge is 2.08. The number of anilines is 1. The molecule has 0 bridgehead atoms. The van der Waals surface area contributed by atoms with Gasteiger partial charge >= 0.3 is 0 Å². The first-order valence-corrected chi connectivity index (χ1v) is 8.17. The van der Waals surface area contributed by atoms with Gasteiger partial charge < -0.3 is 15.6 Å². The zero-order valence-electron chi connectivity index (χ0n) is 13.7. The molecule has 0 aliphatic rings. The Kier molecular flexibility index (Phi) is 5.05. The molecule has 3 rings (SSSR count). The third kappa shape index (κ3) is 3.71. The standard InChI is InChI=1S/C18H21N5O/c1-2-8-19-17-12-22-16(11-23-17)18(24)20-9-7-13-10-21-15-6-4-3-5-14(13)15/h3-6,10-12,21H,2,7-9H2,1H3,(H,19,23)(H,20,24). The molecule has 1 amide bonds. The number of nitrogens with zero attached hydrogens (tertiary/aromatic N) is 2. The minimum atomic E-state index is -0.204. The highest BCUT2D eigenvalue weighted by molar-refractivity contribution is 5.92. The predicted molar refractivity (Wildman–Crippen MR) is 95.1 cm³/mol. The Hall–Kier alpha value is -2.89. The molecule has 0 aliphatic heterocycles. The molecule has 3 aromatic rings. The maximum absolute atomic E-state index is 12.1. The number of aromatic amines is 1. The second-order valence-electron chi connectivity index (χ2n) is 5.58. The number of carbonyl (C=O) groups excluding carboxylic acids is 1. The van der Waals surface area contributed by atoms with Crippen LogP contribution < -0.4 is 10.6 Å². The fourth-order valence-electron chi connectivity index (χ4n) is 2.53. The van der Waals surface area contributed by atoms with E-state index in [1.165, 1.54) is 17.1 Å². The third-order valence-corrected chi connectivity index (χ3v) is 3.80. The fourth-order valence-corrected chi connectivity index (χ4v) is 2.53. The van der Waals surface area contributed by atoms with Crippen molar-refractivity contribution in [2.45, 2.75) is 19.8 Å². The van der Waals surface area contributed by atoms with Gasteiger partial charge in [0.2, 0.25) is 0 Å². The van der Waals surface area contributed by atoms with Crippen LogP contribution in [0.4, 0.5) is 5.82 Å². The molecule has 0 unspecified atom stereocenters. The molecule has 6 heteroatoms. The summed E-state index contributed by atoms with van der Waals surface area (Å²) in [6.07, 6.45) is 6.85. The van der Waals surface area contributed by atoms with Crippen molar-refractivity contribution in [3.63, 3.8) is 0 Å². The summed E-state index contributed by atoms with van der Waals surface area (Å²) >= 11 is 0. The van der Waals surface area contributed by atoms with Gasteiger partial charge in [0.15, 0.2) is 0 Å². The third-order valence-electron chi connectivity index (χ3n) is 3.80. The summed E-state index contributed by atoms with van der Waals surface area (Å²) in [4.78, 5) is 23.7. The van der Waals surface area contributed by atoms with Gasteiger partial charge in [0.05, 0.1) is 12.4 Å². The van der Waals surface area contributed by atoms with Crippen LogP contribution in [0.15, 0.2) is 42.9 Å². The van der Waals surface area contributed by atoms with Gasteiger partial charge in [0.25, 0.3) is 5.91 Å². The number of fused-ring (bicyclic) bond motifs is 1. The van der Waals surface area contributed by atoms with Crippen LogP contribution >= 0.6 is 0 Å². The maximum atomic E-state index is 12.1. The second-order valence-corrected chi connectivity index (χ2v) is 5.58. The van der Waals surface area contributed by atoms with Gasteiger partial charge in [-0.3, -0.25) is 4.79 Å². The highest BCUT2D eigenvalue weighted by Crippen LogP contribution is 2.17. The average molecular weight is 323 g/mol. The van der Waals surface area contributed by atoms with E-state index >= 15 is 0 Å². The van der Waals surface area contributed by atoms with Gasteiger partial charge in [-0.15, -0.1) is 0 Å². The van der Waals surface area contributed by atoms with Crippen molar-refractivity contribution in [2.75, 3.05) is 18.4 Å². The van der Waals surface area contributed by atoms with Crippen molar-refractivity contribution >= 4 is 22.6 Å². The van der Waals surface area contributed by atoms with Crippen molar-refractivity contribution in [1.82, 2.24) is 20.3 Å². The lowest BCUT2D eigenvalue weighted by Gasteiger charge is -2.06. The number of hydrogen-bond donors (Lipinski definition) is 3. The number of rotatable bonds is 7. The van der Waals surface area contributed by atoms with Gasteiger partial charge in [-0.05, 0) is 24.5 Å². The lowest BCUT2D eigenvalue weighted by atomic mass is 10.1. The highest BCUT2D eigenvalue weighted by atomic mass is 16.1. The van der Waals surface area contributed by atoms with Crippen molar-refractivity contribution < 1.29 is 4.79 Å². The fraction of sp³-hybridized carbons (Fsp3) is 0.278. The molecule has 24 heavy (non-hydrogen) atoms. The Morgan fingerprint density at radius 2 is 2.04 bits per heavy atom. The Morgan fingerprint density at radius 3 is 2.83 bits per heavy atom. The summed E-state index contributed by atoms with van der Waals surface area (Å²) in [5.74, 6) is 0.483. The molecule has 0 fully saturated rings. The minimum Gasteiger partial charge on any atom is -0.369 e. The molecule has 124 valence electrons. The quantitative estimate of drug-likeness (QED) is 0.624. The van der Waals surface area contributed by atoms with E-state index in [2.05, 4.69) is 38.6 Å². The van der Waals surface area contributed by atoms with Crippen LogP contribution in [0.3, 0.4) is 0 Å². The number of benzene rings is 1. The van der Waals surface area contributed by atoms with Crippen LogP contribution in [-0.2, 0) is 6.42 Å². The van der Waals surface area contributed by atoms with Gasteiger partial charge in [-0.25, -0.2) is 9.97 Å². The monoisotopic (exact) mass is 323 g/mol. The van der Waals surface area contributed by atoms with Crippen LogP contribution in [0.5, 0.6) is 0 Å². The van der Waals surface area contributed by atoms with E-state index in [0.29, 0.717) is 18.1 Å². The zero-order valence-corrected chi connectivity index (χ0v) is 13.7. The normalized spacial score (nSPS) is 10.7. The second kappa shape index (κ2) is 7.59. The number of hydrogen-bond acceptors (Lipinski definition) is 4. The largest absolute Gasteiger partial charge is 0.369 e. The van der Waals surface area contributed by atoms with Crippen molar-refractivity contribution in [1.29, 1.82) is 0 Å². The summed E-state index contributed by atoms with van der Waals surface area (Å²) in [5, 5.41) is 7.21. The molecular formula is C18H21N5O. The van der Waals surface area contributed by atoms with Crippen LogP contribution in [0.2, 0.25) is 0 Å². The number of para-hydroxylation sites is 1. The summed E-state index contributed by atoms with van der Waals surface area (Å²) in [5.41, 5.74) is 2.63. The molecule has 1 aromatic carbocycles. The van der Waals surface area contributed by atoms with Gasteiger partial charge in [-0.1, -0.05) is 25.1 Å². The number of H-pyrrole nitrogens is 1. The van der Waals surface area contributed by atoms with Crippen molar-refractivity contribution in [3.05, 3.63) is 54.1 Å². The first kappa shape index (κ1) is 16.0. The van der Waals surface area contributed by atoms with Crippen LogP contribution in [0, 0.1) is 0 Å². The predicted octanol–water partition coefficient (Wildman–Crippen LogP) is 2.75. The smallest absolute Gasteiger partial charge is 0.271 e. The number of aromatic nitrogens is 3. The zero-order chi connectivity index (χ0) is 16.8. The number of carbonyl (C=O) groups is 1. The van der Waals surface area contributed by atoms with Gasteiger partial charge in [-0.2, -0.15) is 0 Å². The molecule has 0 spiro atoms. The topological polar surface area (TPSA) is 82.7 Å². The van der Waals surface area contributed by atoms with Crippen molar-refractivity contribution in [3.8, 4) is 0 Å². The maximum Gasteiger partial charge on any atom is 0.271 e. The summed E-state index contributed by atoms with van der Waals surface area (Å²) in [6.45, 7) is 3.47. The molecule has 0 radical (unpaired) electrons. The van der Waals surface area contributed by atoms with E-state index < -0.39 is 0 Å². The average Bonchev–Trinajstić information content (AvgIpc) is 3.03. The number of nitrogens with one attached hydrogen (secondary N) is 3. The number of amides is 1. The minimum absolute atomic E-state index is 0.204. The summed E-state index contributed by atoms with van der Waals surface area (Å²) in [7, 11) is 0. The molecule has 0 aliphatic carbocycles. The Morgan fingerprint density at radius 1 is 1.17 bits per heavy atom. The Labute approximate surface area is 140 Å². The first-order valence-electron chi connectivity index (χ1n) is 8.17. The lowest BCUT2D eigenvalue weighted by molar-refractivity contribution is 0.0949. The van der Waals surface area contributed by atoms with E-state index in [0.717, 1.165) is 24.9 Å². The molecular weight excluding hydrogens is 302 g/mol. The van der Waals surface area contributed by atoms with E-state index in [4.69, 9.17) is 0 Å².